The summed E-state index contributed by atoms with van der Waals surface area (Å²) in [5.41, 5.74) is 1.16. The Hall–Kier alpha value is -4.39. The highest BCUT2D eigenvalue weighted by atomic mass is 16.5. The van der Waals surface area contributed by atoms with E-state index in [-0.39, 0.29) is 24.4 Å². The maximum atomic E-state index is 14.7. The second-order valence-corrected chi connectivity index (χ2v) is 9.50. The van der Waals surface area contributed by atoms with Gasteiger partial charge in [0.1, 0.15) is 11.5 Å². The van der Waals surface area contributed by atoms with Crippen LogP contribution in [-0.2, 0) is 24.5 Å². The van der Waals surface area contributed by atoms with E-state index in [0.29, 0.717) is 22.6 Å². The third-order valence-corrected chi connectivity index (χ3v) is 7.61. The largest absolute Gasteiger partial charge is 0.512 e. The van der Waals surface area contributed by atoms with Gasteiger partial charge in [0.2, 0.25) is 11.8 Å². The molecule has 3 aromatic rings. The monoisotopic (exact) mass is 511 g/mol. The second-order valence-electron chi connectivity index (χ2n) is 9.50. The number of para-hydroxylation sites is 1. The van der Waals surface area contributed by atoms with Crippen molar-refractivity contribution in [2.24, 2.45) is 0 Å². The normalized spacial score (nSPS) is 22.4. The van der Waals surface area contributed by atoms with Gasteiger partial charge in [-0.1, -0.05) is 60.7 Å². The molecule has 194 valence electrons. The van der Waals surface area contributed by atoms with Crippen molar-refractivity contribution in [2.75, 3.05) is 18.6 Å². The molecule has 3 aromatic carbocycles. The van der Waals surface area contributed by atoms with E-state index < -0.39 is 35.0 Å². The highest BCUT2D eigenvalue weighted by Crippen LogP contribution is 2.63. The average Bonchev–Trinajstić information content (AvgIpc) is 3.18. The maximum Gasteiger partial charge on any atom is 0.338 e. The Kier molecular flexibility index (Phi) is 6.53. The molecule has 0 fully saturated rings. The van der Waals surface area contributed by atoms with Gasteiger partial charge in [-0.05, 0) is 41.8 Å². The zero-order valence-electron chi connectivity index (χ0n) is 21.5. The molecule has 3 unspecified atom stereocenters. The van der Waals surface area contributed by atoms with Crippen LogP contribution in [0.15, 0.2) is 90.2 Å². The number of ether oxygens (including phenoxy) is 2. The van der Waals surface area contributed by atoms with Gasteiger partial charge in [-0.25, -0.2) is 9.69 Å². The first-order valence-electron chi connectivity index (χ1n) is 12.6. The predicted molar refractivity (Wildman–Crippen MR) is 142 cm³/mol. The Bertz CT molecular complexity index is 1430. The number of hydrogen-bond donors (Lipinski definition) is 1. The minimum atomic E-state index is -1.41. The molecule has 2 aliphatic rings. The Morgan fingerprint density at radius 2 is 1.63 bits per heavy atom. The van der Waals surface area contributed by atoms with Gasteiger partial charge in [0.05, 0.1) is 30.4 Å². The number of nitrogens with zero attached hydrogens (tertiary/aromatic N) is 1. The zero-order chi connectivity index (χ0) is 27.0. The zero-order valence-corrected chi connectivity index (χ0v) is 21.5. The van der Waals surface area contributed by atoms with E-state index in [2.05, 4.69) is 0 Å². The van der Waals surface area contributed by atoms with Crippen LogP contribution in [0.5, 0.6) is 5.75 Å². The van der Waals surface area contributed by atoms with Gasteiger partial charge in [0, 0.05) is 25.2 Å². The molecule has 0 bridgehead atoms. The molecule has 5 rings (SSSR count). The number of carbonyl (C=O) groups excluding carboxylic acids is 3. The highest BCUT2D eigenvalue weighted by Gasteiger charge is 2.65. The van der Waals surface area contributed by atoms with Gasteiger partial charge in [-0.3, -0.25) is 9.59 Å². The SMILES string of the molecule is CCOC(=O)C1=C(O)CC(c2ccccc2)C2(C(=O)N(C(C)=O)c3ccccc32)C1c1ccc(OC)cc1. The van der Waals surface area contributed by atoms with Crippen molar-refractivity contribution in [1.82, 2.24) is 0 Å². The number of imide groups is 1. The molecule has 1 heterocycles. The van der Waals surface area contributed by atoms with Crippen molar-refractivity contribution >= 4 is 23.5 Å². The molecule has 0 radical (unpaired) electrons. The number of amides is 2. The number of allylic oxidation sites excluding steroid dienone is 1. The molecule has 38 heavy (non-hydrogen) atoms. The van der Waals surface area contributed by atoms with Crippen LogP contribution in [0, 0.1) is 0 Å². The van der Waals surface area contributed by atoms with E-state index in [4.69, 9.17) is 9.47 Å². The van der Waals surface area contributed by atoms with Gasteiger partial charge in [-0.2, -0.15) is 0 Å². The lowest BCUT2D eigenvalue weighted by molar-refractivity contribution is -0.139. The summed E-state index contributed by atoms with van der Waals surface area (Å²) in [5, 5.41) is 11.4. The van der Waals surface area contributed by atoms with E-state index in [0.717, 1.165) is 5.56 Å². The van der Waals surface area contributed by atoms with E-state index in [1.165, 1.54) is 11.8 Å². The van der Waals surface area contributed by atoms with Crippen molar-refractivity contribution in [3.8, 4) is 5.75 Å². The van der Waals surface area contributed by atoms with Crippen molar-refractivity contribution in [3.63, 3.8) is 0 Å². The van der Waals surface area contributed by atoms with E-state index >= 15 is 0 Å². The number of anilines is 1. The van der Waals surface area contributed by atoms with Crippen LogP contribution in [0.1, 0.15) is 48.8 Å². The molecular weight excluding hydrogens is 482 g/mol. The first kappa shape index (κ1) is 25.3. The number of aliphatic hydroxyl groups is 1. The summed E-state index contributed by atoms with van der Waals surface area (Å²) in [6, 6.07) is 23.7. The molecule has 2 amide bonds. The van der Waals surface area contributed by atoms with Crippen molar-refractivity contribution < 1.29 is 29.0 Å². The lowest BCUT2D eigenvalue weighted by Crippen LogP contribution is -2.53. The van der Waals surface area contributed by atoms with Gasteiger partial charge >= 0.3 is 5.97 Å². The standard InChI is InChI=1S/C31H29NO6/c1-4-38-29(35)27-26(34)18-24(20-10-6-5-7-11-20)31(28(27)21-14-16-22(37-3)17-15-21)23-12-8-9-13-25(23)32(19(2)33)30(31)36/h5-17,24,28,34H,4,18H2,1-3H3. The van der Waals surface area contributed by atoms with Gasteiger partial charge in [-0.15, -0.1) is 0 Å². The molecule has 7 nitrogen and oxygen atoms in total. The second kappa shape index (κ2) is 9.82. The summed E-state index contributed by atoms with van der Waals surface area (Å²) in [6.45, 7) is 3.15. The molecule has 0 saturated carbocycles. The predicted octanol–water partition coefficient (Wildman–Crippen LogP) is 5.17. The van der Waals surface area contributed by atoms with Crippen LogP contribution in [0.3, 0.4) is 0 Å². The van der Waals surface area contributed by atoms with Crippen LogP contribution in [0.4, 0.5) is 5.69 Å². The third-order valence-electron chi connectivity index (χ3n) is 7.61. The van der Waals surface area contributed by atoms with Crippen LogP contribution in [-0.4, -0.2) is 36.6 Å². The molecule has 1 N–H and O–H groups in total. The number of hydrogen-bond acceptors (Lipinski definition) is 6. The fraction of sp³-hybridized carbons (Fsp3) is 0.258. The Balaban J connectivity index is 1.90. The van der Waals surface area contributed by atoms with Crippen LogP contribution >= 0.6 is 0 Å². The topological polar surface area (TPSA) is 93.1 Å². The van der Waals surface area contributed by atoms with Crippen LogP contribution < -0.4 is 9.64 Å². The molecule has 7 heteroatoms. The van der Waals surface area contributed by atoms with Crippen LogP contribution in [0.25, 0.3) is 0 Å². The number of fused-ring (bicyclic) bond motifs is 2. The number of benzene rings is 3. The molecule has 3 atom stereocenters. The Morgan fingerprint density at radius 3 is 2.26 bits per heavy atom. The van der Waals surface area contributed by atoms with E-state index in [1.807, 2.05) is 42.5 Å². The molecule has 1 aliphatic heterocycles. The molecule has 0 saturated heterocycles. The molecule has 1 aliphatic carbocycles. The van der Waals surface area contributed by atoms with Gasteiger partial charge in [0.25, 0.3) is 0 Å². The van der Waals surface area contributed by atoms with Crippen molar-refractivity contribution in [1.29, 1.82) is 0 Å². The lowest BCUT2D eigenvalue weighted by atomic mass is 9.53. The maximum absolute atomic E-state index is 14.7. The number of esters is 1. The van der Waals surface area contributed by atoms with Gasteiger partial charge < -0.3 is 14.6 Å². The minimum absolute atomic E-state index is 0.0244. The van der Waals surface area contributed by atoms with Crippen molar-refractivity contribution in [2.45, 2.75) is 37.5 Å². The van der Waals surface area contributed by atoms with Gasteiger partial charge in [0.15, 0.2) is 0 Å². The number of methoxy groups -OCH3 is 1. The summed E-state index contributed by atoms with van der Waals surface area (Å²) in [6.07, 6.45) is 0.0244. The molecular formula is C31H29NO6. The average molecular weight is 512 g/mol. The Morgan fingerprint density at radius 1 is 0.974 bits per heavy atom. The number of carbonyl (C=O) groups is 3. The summed E-state index contributed by atoms with van der Waals surface area (Å²) in [7, 11) is 1.56. The quantitative estimate of drug-likeness (QED) is 0.475. The Labute approximate surface area is 221 Å². The van der Waals surface area contributed by atoms with E-state index in [9.17, 15) is 19.5 Å². The molecule has 1 spiro atoms. The first-order valence-corrected chi connectivity index (χ1v) is 12.6. The summed E-state index contributed by atoms with van der Waals surface area (Å²) >= 11 is 0. The number of rotatable bonds is 5. The van der Waals surface area contributed by atoms with E-state index in [1.54, 1.807) is 50.4 Å². The number of aliphatic hydroxyl groups excluding tert-OH is 1. The third kappa shape index (κ3) is 3.69. The van der Waals surface area contributed by atoms with Crippen LogP contribution in [0.2, 0.25) is 0 Å². The molecule has 0 aromatic heterocycles. The fourth-order valence-corrected chi connectivity index (χ4v) is 6.15. The fourth-order valence-electron chi connectivity index (χ4n) is 6.15. The summed E-state index contributed by atoms with van der Waals surface area (Å²) in [4.78, 5) is 42.3. The smallest absolute Gasteiger partial charge is 0.338 e. The minimum Gasteiger partial charge on any atom is -0.512 e. The summed E-state index contributed by atoms with van der Waals surface area (Å²) in [5.74, 6) is -2.59. The lowest BCUT2D eigenvalue weighted by Gasteiger charge is -2.46. The first-order chi connectivity index (χ1) is 18.4. The highest BCUT2D eigenvalue weighted by molar-refractivity contribution is 6.23. The van der Waals surface area contributed by atoms with Crippen molar-refractivity contribution in [3.05, 3.63) is 107 Å². The summed E-state index contributed by atoms with van der Waals surface area (Å²) < 4.78 is 10.8.